The average Bonchev–Trinajstić information content (AvgIpc) is 3.71. The number of aromatic nitrogens is 1. The van der Waals surface area contributed by atoms with Crippen molar-refractivity contribution in [1.29, 1.82) is 0 Å². The minimum Gasteiger partial charge on any atom is -0.457 e. The third kappa shape index (κ3) is 4.07. The number of hydrogen-bond acceptors (Lipinski definition) is 1. The second-order valence-corrected chi connectivity index (χ2v) is 11.2. The maximum absolute atomic E-state index is 10.2. The Kier molecular flexibility index (Phi) is 3.09. The molecule has 0 atom stereocenters. The number of hydrogen-bond donors (Lipinski definition) is 0. The van der Waals surface area contributed by atoms with E-state index in [4.69, 9.17) is 22.6 Å². The summed E-state index contributed by atoms with van der Waals surface area (Å²) in [6.07, 6.45) is 0. The molecule has 0 spiro atoms. The van der Waals surface area contributed by atoms with Crippen molar-refractivity contribution in [2.75, 3.05) is 0 Å². The van der Waals surface area contributed by atoms with Crippen LogP contribution in [-0.4, -0.2) is 4.57 Å². The number of fused-ring (bicyclic) bond motifs is 7. The maximum Gasteiger partial charge on any atom is 0.132 e. The predicted octanol–water partition coefficient (Wildman–Crippen LogP) is 12.1. The van der Waals surface area contributed by atoms with Crippen LogP contribution in [0.3, 0.4) is 0 Å². The van der Waals surface area contributed by atoms with Crippen LogP contribution in [0.2, 0.25) is 0 Å². The smallest absolute Gasteiger partial charge is 0.132 e. The zero-order valence-corrected chi connectivity index (χ0v) is 25.1. The van der Waals surface area contributed by atoms with E-state index in [1.807, 2.05) is 0 Å². The highest BCUT2D eigenvalue weighted by Crippen LogP contribution is 2.56. The van der Waals surface area contributed by atoms with Gasteiger partial charge in [-0.3, -0.25) is 0 Å². The highest BCUT2D eigenvalue weighted by molar-refractivity contribution is 6.19. The number of para-hydroxylation sites is 2. The average molecular weight is 647 g/mol. The molecule has 0 saturated carbocycles. The highest BCUT2D eigenvalue weighted by atomic mass is 16.5. The van der Waals surface area contributed by atoms with Crippen LogP contribution in [-0.2, 0) is 5.41 Å². The third-order valence-corrected chi connectivity index (χ3v) is 8.72. The molecular formula is C47H31NO. The van der Waals surface area contributed by atoms with Gasteiger partial charge in [0.15, 0.2) is 0 Å². The highest BCUT2D eigenvalue weighted by Gasteiger charge is 2.45. The van der Waals surface area contributed by atoms with Crippen molar-refractivity contribution in [3.63, 3.8) is 0 Å². The molecule has 0 saturated heterocycles. The molecule has 0 bridgehead atoms. The van der Waals surface area contributed by atoms with E-state index >= 15 is 0 Å². The van der Waals surface area contributed by atoms with Crippen molar-refractivity contribution >= 4 is 32.6 Å². The van der Waals surface area contributed by atoms with Crippen LogP contribution in [0.25, 0.3) is 49.4 Å². The van der Waals surface area contributed by atoms with Crippen molar-refractivity contribution in [2.24, 2.45) is 0 Å². The van der Waals surface area contributed by atoms with Crippen molar-refractivity contribution < 1.29 is 33.5 Å². The van der Waals surface area contributed by atoms with Gasteiger partial charge in [0.2, 0.25) is 0 Å². The van der Waals surface area contributed by atoms with Crippen LogP contribution in [0.5, 0.6) is 11.5 Å². The van der Waals surface area contributed by atoms with Crippen molar-refractivity contribution in [3.05, 3.63) is 210 Å². The Morgan fingerprint density at radius 1 is 0.490 bits per heavy atom. The standard InChI is InChI=1S/C47H31NO/c1-4-15-35(16-5-1)47(36-17-6-2-7-18-36)41-22-12-13-23-44(41)49-45-29-26-33(30-42(45)47)34-25-27-39-40-28-24-32-14-10-11-21-38(32)46(40)48(43(39)31-34)37-19-8-3-9-20-37/h1-31H/i3D,8D,9D,10D,11D,12D,13D,14D,19D,20D,21D,22D,23D,24D,25D,26D,27D,28D,29D,30D,31D. The SMILES string of the molecule is [2H]c1c([2H])c([2H])c(-n2c3c([2H])c(-c4c([2H])c([2H])c5c(c4[2H])C(c4ccccc4)(c4ccccc4)c4c([2H])c([2H])c([2H])c([2H])c4O5)c([2H])c([2H])c3c3c([2H])c([2H])c4c([2H])c([2H])c([2H])c([2H])c4c32)c([2H])c1[2H]. The van der Waals surface area contributed by atoms with Gasteiger partial charge in [0.25, 0.3) is 0 Å². The van der Waals surface area contributed by atoms with E-state index in [-0.39, 0.29) is 11.1 Å². The van der Waals surface area contributed by atoms with Crippen LogP contribution in [0.15, 0.2) is 188 Å². The molecule has 0 fully saturated rings. The minimum atomic E-state index is -1.97. The Bertz CT molecular complexity index is 3800. The van der Waals surface area contributed by atoms with Gasteiger partial charge in [-0.1, -0.05) is 151 Å². The van der Waals surface area contributed by atoms with E-state index < -0.39 is 193 Å². The molecule has 0 radical (unpaired) electrons. The molecule has 0 unspecified atom stereocenters. The van der Waals surface area contributed by atoms with Crippen molar-refractivity contribution in [1.82, 2.24) is 4.57 Å². The molecule has 2 nitrogen and oxygen atoms in total. The molecular weight excluding hydrogens is 595 g/mol. The third-order valence-electron chi connectivity index (χ3n) is 8.72. The Balaban J connectivity index is 1.48. The maximum atomic E-state index is 10.2. The normalized spacial score (nSPS) is 19.2. The molecule has 0 aliphatic carbocycles. The van der Waals surface area contributed by atoms with Gasteiger partial charge in [-0.25, -0.2) is 0 Å². The van der Waals surface area contributed by atoms with Gasteiger partial charge in [-0.15, -0.1) is 0 Å². The summed E-state index contributed by atoms with van der Waals surface area (Å²) in [4.78, 5) is 0. The largest absolute Gasteiger partial charge is 0.457 e. The Morgan fingerprint density at radius 3 is 1.92 bits per heavy atom. The molecule has 0 amide bonds. The van der Waals surface area contributed by atoms with Crippen LogP contribution in [0.4, 0.5) is 0 Å². The Labute approximate surface area is 314 Å². The zero-order chi connectivity index (χ0) is 50.6. The van der Waals surface area contributed by atoms with E-state index in [1.165, 1.54) is 0 Å². The van der Waals surface area contributed by atoms with Gasteiger partial charge in [0.1, 0.15) is 11.5 Å². The van der Waals surface area contributed by atoms with Gasteiger partial charge in [0.05, 0.1) is 45.2 Å². The summed E-state index contributed by atoms with van der Waals surface area (Å²) in [6.45, 7) is 0. The first-order valence-electron chi connectivity index (χ1n) is 25.7. The Hall–Kier alpha value is -6.38. The topological polar surface area (TPSA) is 14.2 Å². The molecule has 10 rings (SSSR count). The molecule has 49 heavy (non-hydrogen) atoms. The summed E-state index contributed by atoms with van der Waals surface area (Å²) in [6, 6.07) is 0.226. The predicted molar refractivity (Wildman–Crippen MR) is 202 cm³/mol. The second kappa shape index (κ2) is 10.8. The van der Waals surface area contributed by atoms with Crippen molar-refractivity contribution in [3.8, 4) is 28.3 Å². The summed E-state index contributed by atoms with van der Waals surface area (Å²) in [5.74, 6) is -0.860. The summed E-state index contributed by atoms with van der Waals surface area (Å²) in [5, 5.41) is -1.90. The molecule has 1 aliphatic rings. The fourth-order valence-corrected chi connectivity index (χ4v) is 6.71. The van der Waals surface area contributed by atoms with Gasteiger partial charge in [-0.2, -0.15) is 0 Å². The van der Waals surface area contributed by atoms with Crippen LogP contribution < -0.4 is 4.74 Å². The van der Waals surface area contributed by atoms with Crippen LogP contribution in [0, 0.1) is 0 Å². The first kappa shape index (κ1) is 14.0. The monoisotopic (exact) mass is 646 g/mol. The second-order valence-electron chi connectivity index (χ2n) is 11.2. The molecule has 8 aromatic carbocycles. The first-order chi connectivity index (χ1) is 33.1. The minimum absolute atomic E-state index is 0.166. The summed E-state index contributed by atoms with van der Waals surface area (Å²) < 4.78 is 199. The van der Waals surface area contributed by atoms with E-state index in [0.29, 0.717) is 11.1 Å². The van der Waals surface area contributed by atoms with Gasteiger partial charge >= 0.3 is 0 Å². The molecule has 2 heterocycles. The van der Waals surface area contributed by atoms with Gasteiger partial charge in [-0.05, 0) is 63.9 Å². The lowest BCUT2D eigenvalue weighted by molar-refractivity contribution is 0.434. The lowest BCUT2D eigenvalue weighted by Gasteiger charge is -2.41. The molecule has 1 aromatic heterocycles. The summed E-state index contributed by atoms with van der Waals surface area (Å²) in [5.41, 5.74) is -4.81. The zero-order valence-electron chi connectivity index (χ0n) is 46.1. The van der Waals surface area contributed by atoms with Gasteiger partial charge < -0.3 is 9.30 Å². The fourth-order valence-electron chi connectivity index (χ4n) is 6.71. The number of ether oxygens (including phenoxy) is 1. The number of rotatable bonds is 4. The fraction of sp³-hybridized carbons (Fsp3) is 0.0213. The molecule has 0 N–H and O–H groups in total. The van der Waals surface area contributed by atoms with Crippen LogP contribution in [0.1, 0.15) is 51.0 Å². The summed E-state index contributed by atoms with van der Waals surface area (Å²) >= 11 is 0. The number of nitrogens with zero attached hydrogens (tertiary/aromatic N) is 1. The summed E-state index contributed by atoms with van der Waals surface area (Å²) in [7, 11) is 0. The van der Waals surface area contributed by atoms with E-state index in [0.717, 1.165) is 4.57 Å². The molecule has 1 aliphatic heterocycles. The molecule has 230 valence electrons. The first-order valence-corrected chi connectivity index (χ1v) is 15.2. The van der Waals surface area contributed by atoms with Crippen molar-refractivity contribution in [2.45, 2.75) is 5.41 Å². The van der Waals surface area contributed by atoms with Crippen LogP contribution >= 0.6 is 0 Å². The lowest BCUT2D eigenvalue weighted by Crippen LogP contribution is -2.34. The number of benzene rings is 8. The lowest BCUT2D eigenvalue weighted by atomic mass is 9.63. The Morgan fingerprint density at radius 2 is 1.12 bits per heavy atom. The van der Waals surface area contributed by atoms with Gasteiger partial charge in [0, 0.05) is 33.0 Å². The quantitative estimate of drug-likeness (QED) is 0.186. The molecule has 2 heteroatoms. The molecule has 9 aromatic rings. The van der Waals surface area contributed by atoms with E-state index in [2.05, 4.69) is 0 Å². The van der Waals surface area contributed by atoms with E-state index in [1.54, 1.807) is 60.7 Å². The van der Waals surface area contributed by atoms with E-state index in [9.17, 15) is 11.0 Å².